The Bertz CT molecular complexity index is 1010. The molecule has 0 bridgehead atoms. The SMILES string of the molecule is COc1ccc(CNC(=O)C2CCN(Cc3nc(-c4ccc(OC)cc4)no3)CC2)cc1. The summed E-state index contributed by atoms with van der Waals surface area (Å²) < 4.78 is 15.8. The van der Waals surface area contributed by atoms with E-state index in [2.05, 4.69) is 20.4 Å². The van der Waals surface area contributed by atoms with Gasteiger partial charge < -0.3 is 19.3 Å². The number of carbonyl (C=O) groups excluding carboxylic acids is 1. The first-order valence-corrected chi connectivity index (χ1v) is 10.7. The zero-order valence-electron chi connectivity index (χ0n) is 18.4. The van der Waals surface area contributed by atoms with Crippen molar-refractivity contribution in [2.24, 2.45) is 5.92 Å². The second kappa shape index (κ2) is 10.3. The quantitative estimate of drug-likeness (QED) is 0.580. The van der Waals surface area contributed by atoms with Gasteiger partial charge in [0.15, 0.2) is 0 Å². The van der Waals surface area contributed by atoms with E-state index >= 15 is 0 Å². The Labute approximate surface area is 187 Å². The number of carbonyl (C=O) groups is 1. The third kappa shape index (κ3) is 5.45. The number of methoxy groups -OCH3 is 2. The summed E-state index contributed by atoms with van der Waals surface area (Å²) in [5, 5.41) is 7.14. The Hall–Kier alpha value is -3.39. The summed E-state index contributed by atoms with van der Waals surface area (Å²) in [4.78, 5) is 19.3. The van der Waals surface area contributed by atoms with Crippen LogP contribution in [0.15, 0.2) is 53.1 Å². The van der Waals surface area contributed by atoms with Gasteiger partial charge in [0, 0.05) is 18.0 Å². The minimum absolute atomic E-state index is 0.0297. The minimum Gasteiger partial charge on any atom is -0.497 e. The Morgan fingerprint density at radius 2 is 1.66 bits per heavy atom. The fraction of sp³-hybridized carbons (Fsp3) is 0.375. The van der Waals surface area contributed by atoms with Crippen LogP contribution in [-0.2, 0) is 17.9 Å². The summed E-state index contributed by atoms with van der Waals surface area (Å²) in [5.41, 5.74) is 1.94. The molecule has 0 aliphatic carbocycles. The molecular formula is C24H28N4O4. The molecule has 0 radical (unpaired) electrons. The van der Waals surface area contributed by atoms with Crippen molar-refractivity contribution in [3.05, 3.63) is 60.0 Å². The van der Waals surface area contributed by atoms with Crippen LogP contribution in [0.3, 0.4) is 0 Å². The minimum atomic E-state index is 0.0297. The van der Waals surface area contributed by atoms with Gasteiger partial charge in [0.2, 0.25) is 17.6 Å². The average Bonchev–Trinajstić information content (AvgIpc) is 3.32. The van der Waals surface area contributed by atoms with Crippen molar-refractivity contribution in [3.8, 4) is 22.9 Å². The van der Waals surface area contributed by atoms with E-state index in [1.807, 2.05) is 48.5 Å². The van der Waals surface area contributed by atoms with Gasteiger partial charge in [0.1, 0.15) is 11.5 Å². The lowest BCUT2D eigenvalue weighted by molar-refractivity contribution is -0.126. The molecule has 8 nitrogen and oxygen atoms in total. The van der Waals surface area contributed by atoms with Gasteiger partial charge in [-0.05, 0) is 67.9 Å². The summed E-state index contributed by atoms with van der Waals surface area (Å²) in [6, 6.07) is 15.3. The first-order chi connectivity index (χ1) is 15.6. The van der Waals surface area contributed by atoms with E-state index in [-0.39, 0.29) is 11.8 Å². The third-order valence-electron chi connectivity index (χ3n) is 5.76. The highest BCUT2D eigenvalue weighted by Gasteiger charge is 2.26. The van der Waals surface area contributed by atoms with Crippen LogP contribution in [0.4, 0.5) is 0 Å². The molecule has 2 aromatic carbocycles. The van der Waals surface area contributed by atoms with Crippen molar-refractivity contribution < 1.29 is 18.8 Å². The van der Waals surface area contributed by atoms with Crippen molar-refractivity contribution in [1.29, 1.82) is 0 Å². The van der Waals surface area contributed by atoms with E-state index < -0.39 is 0 Å². The molecule has 0 atom stereocenters. The van der Waals surface area contributed by atoms with Crippen molar-refractivity contribution in [2.75, 3.05) is 27.3 Å². The van der Waals surface area contributed by atoms with Crippen molar-refractivity contribution in [1.82, 2.24) is 20.4 Å². The van der Waals surface area contributed by atoms with Gasteiger partial charge in [0.25, 0.3) is 0 Å². The van der Waals surface area contributed by atoms with Gasteiger partial charge in [-0.2, -0.15) is 4.98 Å². The second-order valence-electron chi connectivity index (χ2n) is 7.86. The fourth-order valence-electron chi connectivity index (χ4n) is 3.80. The number of nitrogens with one attached hydrogen (secondary N) is 1. The molecule has 0 unspecified atom stereocenters. The lowest BCUT2D eigenvalue weighted by Gasteiger charge is -2.30. The molecule has 8 heteroatoms. The number of piperidine rings is 1. The van der Waals surface area contributed by atoms with Gasteiger partial charge >= 0.3 is 0 Å². The van der Waals surface area contributed by atoms with Gasteiger partial charge in [0.05, 0.1) is 20.8 Å². The average molecular weight is 437 g/mol. The zero-order valence-corrected chi connectivity index (χ0v) is 18.4. The number of benzene rings is 2. The molecule has 1 fully saturated rings. The maximum Gasteiger partial charge on any atom is 0.241 e. The van der Waals surface area contributed by atoms with Gasteiger partial charge in [-0.3, -0.25) is 9.69 Å². The number of rotatable bonds is 8. The molecule has 0 saturated carbocycles. The molecule has 1 N–H and O–H groups in total. The van der Waals surface area contributed by atoms with E-state index in [1.165, 1.54) is 0 Å². The first kappa shape index (κ1) is 21.8. The number of amides is 1. The highest BCUT2D eigenvalue weighted by Crippen LogP contribution is 2.22. The molecule has 1 aromatic heterocycles. The Morgan fingerprint density at radius 1 is 1.03 bits per heavy atom. The molecule has 3 aromatic rings. The Balaban J connectivity index is 1.23. The van der Waals surface area contributed by atoms with Crippen LogP contribution in [0, 0.1) is 5.92 Å². The number of aromatic nitrogens is 2. The smallest absolute Gasteiger partial charge is 0.241 e. The van der Waals surface area contributed by atoms with E-state index in [0.29, 0.717) is 24.8 Å². The molecule has 4 rings (SSSR count). The molecular weight excluding hydrogens is 408 g/mol. The van der Waals surface area contributed by atoms with Gasteiger partial charge in [-0.15, -0.1) is 0 Å². The number of nitrogens with zero attached hydrogens (tertiary/aromatic N) is 3. The van der Waals surface area contributed by atoms with E-state index in [4.69, 9.17) is 14.0 Å². The molecule has 2 heterocycles. The van der Waals surface area contributed by atoms with Crippen molar-refractivity contribution in [2.45, 2.75) is 25.9 Å². The number of ether oxygens (including phenoxy) is 2. The predicted octanol–water partition coefficient (Wildman–Crippen LogP) is 3.28. The Morgan fingerprint density at radius 3 is 2.28 bits per heavy atom. The monoisotopic (exact) mass is 436 g/mol. The molecule has 1 amide bonds. The van der Waals surface area contributed by atoms with Crippen molar-refractivity contribution >= 4 is 5.91 Å². The highest BCUT2D eigenvalue weighted by molar-refractivity contribution is 5.78. The summed E-state index contributed by atoms with van der Waals surface area (Å²) in [5.74, 6) is 2.88. The standard InChI is InChI=1S/C24H28N4O4/c1-30-20-7-3-17(4-8-20)15-25-24(29)19-11-13-28(14-12-19)16-22-26-23(27-32-22)18-5-9-21(31-2)10-6-18/h3-10,19H,11-16H2,1-2H3,(H,25,29). The van der Waals surface area contributed by atoms with Crippen LogP contribution < -0.4 is 14.8 Å². The number of hydrogen-bond acceptors (Lipinski definition) is 7. The number of hydrogen-bond donors (Lipinski definition) is 1. The van der Waals surface area contributed by atoms with Crippen LogP contribution in [0.5, 0.6) is 11.5 Å². The van der Waals surface area contributed by atoms with Crippen molar-refractivity contribution in [3.63, 3.8) is 0 Å². The molecule has 168 valence electrons. The maximum absolute atomic E-state index is 12.6. The molecule has 32 heavy (non-hydrogen) atoms. The van der Waals surface area contributed by atoms with Crippen LogP contribution in [0.1, 0.15) is 24.3 Å². The van der Waals surface area contributed by atoms with E-state index in [9.17, 15) is 4.79 Å². The normalized spacial score (nSPS) is 14.8. The number of likely N-dealkylation sites (tertiary alicyclic amines) is 1. The molecule has 1 saturated heterocycles. The van der Waals surface area contributed by atoms with Crippen LogP contribution in [0.2, 0.25) is 0 Å². The Kier molecular flexibility index (Phi) is 7.01. The van der Waals surface area contributed by atoms with E-state index in [0.717, 1.165) is 48.6 Å². The first-order valence-electron chi connectivity index (χ1n) is 10.7. The topological polar surface area (TPSA) is 89.7 Å². The fourth-order valence-corrected chi connectivity index (χ4v) is 3.80. The highest BCUT2D eigenvalue weighted by atomic mass is 16.5. The van der Waals surface area contributed by atoms with Gasteiger partial charge in [-0.25, -0.2) is 0 Å². The lowest BCUT2D eigenvalue weighted by atomic mass is 9.96. The van der Waals surface area contributed by atoms with Crippen LogP contribution in [-0.4, -0.2) is 48.3 Å². The van der Waals surface area contributed by atoms with E-state index in [1.54, 1.807) is 14.2 Å². The zero-order chi connectivity index (χ0) is 22.3. The molecule has 1 aliphatic heterocycles. The summed E-state index contributed by atoms with van der Waals surface area (Å²) in [6.07, 6.45) is 1.63. The summed E-state index contributed by atoms with van der Waals surface area (Å²) >= 11 is 0. The summed E-state index contributed by atoms with van der Waals surface area (Å²) in [6.45, 7) is 2.75. The predicted molar refractivity (Wildman–Crippen MR) is 119 cm³/mol. The third-order valence-corrected chi connectivity index (χ3v) is 5.76. The van der Waals surface area contributed by atoms with Crippen LogP contribution in [0.25, 0.3) is 11.4 Å². The molecule has 1 aliphatic rings. The summed E-state index contributed by atoms with van der Waals surface area (Å²) in [7, 11) is 3.27. The maximum atomic E-state index is 12.6. The van der Waals surface area contributed by atoms with Crippen LogP contribution >= 0.6 is 0 Å². The van der Waals surface area contributed by atoms with Gasteiger partial charge in [-0.1, -0.05) is 17.3 Å². The second-order valence-corrected chi connectivity index (χ2v) is 7.86. The lowest BCUT2D eigenvalue weighted by Crippen LogP contribution is -2.40. The molecule has 0 spiro atoms. The largest absolute Gasteiger partial charge is 0.497 e.